The van der Waals surface area contributed by atoms with Gasteiger partial charge in [0.25, 0.3) is 0 Å². The van der Waals surface area contributed by atoms with Crippen LogP contribution < -0.4 is 5.32 Å². The van der Waals surface area contributed by atoms with Crippen LogP contribution in [0.1, 0.15) is 43.2 Å². The van der Waals surface area contributed by atoms with E-state index >= 15 is 0 Å². The summed E-state index contributed by atoms with van der Waals surface area (Å²) < 4.78 is 5.66. The van der Waals surface area contributed by atoms with E-state index < -0.39 is 0 Å². The summed E-state index contributed by atoms with van der Waals surface area (Å²) in [6.07, 6.45) is 3.66. The van der Waals surface area contributed by atoms with E-state index in [1.165, 1.54) is 30.4 Å². The SMILES string of the molecule is CCN=C(NC1CC1c1ccccc1C)N1CCC2(CCOC2)C1.I. The molecule has 1 spiro atoms. The molecule has 0 bridgehead atoms. The van der Waals surface area contributed by atoms with Crippen LogP contribution in [0.5, 0.6) is 0 Å². The second kappa shape index (κ2) is 7.82. The van der Waals surface area contributed by atoms with Gasteiger partial charge in [0.15, 0.2) is 5.96 Å². The van der Waals surface area contributed by atoms with Crippen molar-refractivity contribution in [3.8, 4) is 0 Å². The van der Waals surface area contributed by atoms with E-state index in [9.17, 15) is 0 Å². The van der Waals surface area contributed by atoms with Gasteiger partial charge in [-0.15, -0.1) is 24.0 Å². The average Bonchev–Trinajstić information content (AvgIpc) is 3.01. The number of rotatable bonds is 3. The van der Waals surface area contributed by atoms with E-state index in [0.717, 1.165) is 38.8 Å². The maximum Gasteiger partial charge on any atom is 0.194 e. The highest BCUT2D eigenvalue weighted by atomic mass is 127. The lowest BCUT2D eigenvalue weighted by Crippen LogP contribution is -2.43. The number of nitrogens with one attached hydrogen (secondary N) is 1. The zero-order valence-corrected chi connectivity index (χ0v) is 17.7. The molecule has 3 fully saturated rings. The Labute approximate surface area is 168 Å². The molecule has 1 aromatic carbocycles. The molecule has 1 N–H and O–H groups in total. The van der Waals surface area contributed by atoms with Crippen molar-refractivity contribution in [2.24, 2.45) is 10.4 Å². The summed E-state index contributed by atoms with van der Waals surface area (Å²) in [5.74, 6) is 1.75. The minimum atomic E-state index is 0. The number of hydrogen-bond acceptors (Lipinski definition) is 2. The summed E-state index contributed by atoms with van der Waals surface area (Å²) in [7, 11) is 0. The molecular weight excluding hydrogens is 425 g/mol. The van der Waals surface area contributed by atoms with E-state index in [4.69, 9.17) is 9.73 Å². The topological polar surface area (TPSA) is 36.9 Å². The molecule has 0 aromatic heterocycles. The third-order valence-electron chi connectivity index (χ3n) is 5.92. The van der Waals surface area contributed by atoms with Crippen LogP contribution in [0.2, 0.25) is 0 Å². The molecule has 1 aliphatic carbocycles. The van der Waals surface area contributed by atoms with Crippen molar-refractivity contribution in [1.29, 1.82) is 0 Å². The van der Waals surface area contributed by atoms with Gasteiger partial charge in [0.2, 0.25) is 0 Å². The number of hydrogen-bond donors (Lipinski definition) is 1. The number of nitrogens with zero attached hydrogens (tertiary/aromatic N) is 2. The fourth-order valence-corrected chi connectivity index (χ4v) is 4.34. The van der Waals surface area contributed by atoms with Crippen molar-refractivity contribution < 1.29 is 4.74 Å². The highest BCUT2D eigenvalue weighted by Crippen LogP contribution is 2.43. The average molecular weight is 455 g/mol. The van der Waals surface area contributed by atoms with Crippen LogP contribution in [0.3, 0.4) is 0 Å². The van der Waals surface area contributed by atoms with Gasteiger partial charge >= 0.3 is 0 Å². The number of guanidine groups is 1. The first-order valence-electron chi connectivity index (χ1n) is 9.40. The van der Waals surface area contributed by atoms with Gasteiger partial charge in [-0.05, 0) is 44.2 Å². The van der Waals surface area contributed by atoms with Crippen LogP contribution >= 0.6 is 24.0 Å². The standard InChI is InChI=1S/C20H29N3O.HI/c1-3-21-19(23-10-8-20(13-23)9-11-24-14-20)22-18-12-17(18)16-7-5-4-6-15(16)2;/h4-7,17-18H,3,8-14H2,1-2H3,(H,21,22);1H. The Hall–Kier alpha value is -0.820. The second-order valence-electron chi connectivity index (χ2n) is 7.72. The Morgan fingerprint density at radius 2 is 2.20 bits per heavy atom. The minimum Gasteiger partial charge on any atom is -0.381 e. The quantitative estimate of drug-likeness (QED) is 0.431. The summed E-state index contributed by atoms with van der Waals surface area (Å²) in [6.45, 7) is 9.24. The van der Waals surface area contributed by atoms with E-state index in [0.29, 0.717) is 17.4 Å². The molecule has 5 heteroatoms. The maximum absolute atomic E-state index is 5.66. The number of aliphatic imine (C=N–C) groups is 1. The number of ether oxygens (including phenoxy) is 1. The molecule has 3 unspecified atom stereocenters. The van der Waals surface area contributed by atoms with Crippen molar-refractivity contribution in [3.63, 3.8) is 0 Å². The van der Waals surface area contributed by atoms with Crippen LogP contribution in [0.4, 0.5) is 0 Å². The zero-order valence-electron chi connectivity index (χ0n) is 15.3. The van der Waals surface area contributed by atoms with E-state index in [1.54, 1.807) is 0 Å². The zero-order chi connectivity index (χ0) is 16.6. The molecule has 2 aliphatic heterocycles. The van der Waals surface area contributed by atoms with Gasteiger partial charge in [-0.25, -0.2) is 0 Å². The molecule has 1 saturated carbocycles. The third-order valence-corrected chi connectivity index (χ3v) is 5.92. The molecule has 138 valence electrons. The summed E-state index contributed by atoms with van der Waals surface area (Å²) in [5, 5.41) is 3.75. The maximum atomic E-state index is 5.66. The fraction of sp³-hybridized carbons (Fsp3) is 0.650. The third kappa shape index (κ3) is 3.97. The van der Waals surface area contributed by atoms with Crippen molar-refractivity contribution in [2.75, 3.05) is 32.8 Å². The predicted molar refractivity (Wildman–Crippen MR) is 113 cm³/mol. The van der Waals surface area contributed by atoms with Gasteiger partial charge in [0.1, 0.15) is 0 Å². The molecular formula is C20H30IN3O. The molecule has 2 saturated heterocycles. The van der Waals surface area contributed by atoms with Gasteiger partial charge < -0.3 is 15.0 Å². The highest BCUT2D eigenvalue weighted by molar-refractivity contribution is 14.0. The van der Waals surface area contributed by atoms with Crippen molar-refractivity contribution in [2.45, 2.75) is 45.1 Å². The number of likely N-dealkylation sites (tertiary alicyclic amines) is 1. The van der Waals surface area contributed by atoms with E-state index in [2.05, 4.69) is 48.3 Å². The normalized spacial score (nSPS) is 31.3. The van der Waals surface area contributed by atoms with Gasteiger partial charge in [0, 0.05) is 43.6 Å². The summed E-state index contributed by atoms with van der Waals surface area (Å²) >= 11 is 0. The second-order valence-corrected chi connectivity index (χ2v) is 7.72. The number of aryl methyl sites for hydroxylation is 1. The first-order chi connectivity index (χ1) is 11.7. The Bertz CT molecular complexity index is 627. The van der Waals surface area contributed by atoms with Gasteiger partial charge in [-0.3, -0.25) is 4.99 Å². The van der Waals surface area contributed by atoms with Gasteiger partial charge in [0.05, 0.1) is 6.61 Å². The van der Waals surface area contributed by atoms with Crippen molar-refractivity contribution in [3.05, 3.63) is 35.4 Å². The monoisotopic (exact) mass is 455 g/mol. The highest BCUT2D eigenvalue weighted by Gasteiger charge is 2.44. The van der Waals surface area contributed by atoms with Crippen LogP contribution in [0, 0.1) is 12.3 Å². The van der Waals surface area contributed by atoms with Crippen molar-refractivity contribution >= 4 is 29.9 Å². The largest absolute Gasteiger partial charge is 0.381 e. The molecule has 3 aliphatic rings. The van der Waals surface area contributed by atoms with Crippen LogP contribution in [0.15, 0.2) is 29.3 Å². The molecule has 25 heavy (non-hydrogen) atoms. The van der Waals surface area contributed by atoms with Crippen LogP contribution in [-0.2, 0) is 4.74 Å². The van der Waals surface area contributed by atoms with E-state index in [-0.39, 0.29) is 24.0 Å². The fourth-order valence-electron chi connectivity index (χ4n) is 4.34. The lowest BCUT2D eigenvalue weighted by molar-refractivity contribution is 0.156. The first-order valence-corrected chi connectivity index (χ1v) is 9.40. The smallest absolute Gasteiger partial charge is 0.194 e. The number of benzene rings is 1. The molecule has 1 aromatic rings. The number of halogens is 1. The molecule has 3 atom stereocenters. The Morgan fingerprint density at radius 1 is 1.36 bits per heavy atom. The molecule has 4 rings (SSSR count). The van der Waals surface area contributed by atoms with Crippen molar-refractivity contribution in [1.82, 2.24) is 10.2 Å². The summed E-state index contributed by atoms with van der Waals surface area (Å²) in [4.78, 5) is 7.25. The molecule has 0 amide bonds. The minimum absolute atomic E-state index is 0. The predicted octanol–water partition coefficient (Wildman–Crippen LogP) is 3.55. The summed E-state index contributed by atoms with van der Waals surface area (Å²) in [5.41, 5.74) is 3.28. The van der Waals surface area contributed by atoms with Crippen LogP contribution in [0.25, 0.3) is 0 Å². The summed E-state index contributed by atoms with van der Waals surface area (Å²) in [6, 6.07) is 9.31. The lowest BCUT2D eigenvalue weighted by atomic mass is 9.87. The van der Waals surface area contributed by atoms with E-state index in [1.807, 2.05) is 0 Å². The molecule has 0 radical (unpaired) electrons. The molecule has 4 nitrogen and oxygen atoms in total. The Kier molecular flexibility index (Phi) is 5.93. The van der Waals surface area contributed by atoms with Gasteiger partial charge in [-0.1, -0.05) is 24.3 Å². The Balaban J connectivity index is 0.00000182. The van der Waals surface area contributed by atoms with Gasteiger partial charge in [-0.2, -0.15) is 0 Å². The lowest BCUT2D eigenvalue weighted by Gasteiger charge is -2.25. The first kappa shape index (κ1) is 19.0. The molecule has 2 heterocycles. The Morgan fingerprint density at radius 3 is 2.92 bits per heavy atom. The van der Waals surface area contributed by atoms with Crippen LogP contribution in [-0.4, -0.2) is 49.7 Å².